The fourth-order valence-electron chi connectivity index (χ4n) is 2.87. The van der Waals surface area contributed by atoms with Crippen molar-refractivity contribution in [3.8, 4) is 11.4 Å². The third-order valence-corrected chi connectivity index (χ3v) is 3.99. The van der Waals surface area contributed by atoms with E-state index in [0.29, 0.717) is 6.54 Å². The number of nitrogens with one attached hydrogen (secondary N) is 1. The molecule has 0 unspecified atom stereocenters. The molecule has 1 aliphatic rings. The monoisotopic (exact) mass is 309 g/mol. The Morgan fingerprint density at radius 3 is 2.87 bits per heavy atom. The molecule has 0 saturated heterocycles. The highest BCUT2D eigenvalue weighted by molar-refractivity contribution is 5.56. The second-order valence-corrected chi connectivity index (χ2v) is 5.65. The number of fused-ring (bicyclic) bond motifs is 1. The second-order valence-electron chi connectivity index (χ2n) is 5.65. The highest BCUT2D eigenvalue weighted by atomic mass is 19.1. The van der Waals surface area contributed by atoms with Crippen LogP contribution in [0.3, 0.4) is 0 Å². The number of aromatic nitrogens is 4. The molecule has 5 nitrogen and oxygen atoms in total. The van der Waals surface area contributed by atoms with Gasteiger partial charge in [-0.15, -0.1) is 0 Å². The largest absolute Gasteiger partial charge is 0.341 e. The van der Waals surface area contributed by atoms with Gasteiger partial charge in [0.05, 0.1) is 17.9 Å². The third-order valence-electron chi connectivity index (χ3n) is 3.99. The molecule has 4 rings (SSSR count). The van der Waals surface area contributed by atoms with E-state index < -0.39 is 0 Å². The fraction of sp³-hybridized carbons (Fsp3) is 0.235. The van der Waals surface area contributed by atoms with E-state index in [0.717, 1.165) is 48.1 Å². The lowest BCUT2D eigenvalue weighted by molar-refractivity contribution is 0.235. The summed E-state index contributed by atoms with van der Waals surface area (Å²) in [5.41, 5.74) is 2.93. The molecular weight excluding hydrogens is 293 g/mol. The average Bonchev–Trinajstić information content (AvgIpc) is 2.99. The Morgan fingerprint density at radius 2 is 2.04 bits per heavy atom. The van der Waals surface area contributed by atoms with Crippen molar-refractivity contribution >= 4 is 0 Å². The van der Waals surface area contributed by atoms with Gasteiger partial charge < -0.3 is 4.98 Å². The SMILES string of the molecule is Fc1cccc(-c2nc3c([nH]2)CN(Cc2ncccn2)CC3)c1. The van der Waals surface area contributed by atoms with E-state index in [-0.39, 0.29) is 5.82 Å². The Hall–Kier alpha value is -2.60. The molecule has 0 fully saturated rings. The van der Waals surface area contributed by atoms with E-state index in [1.165, 1.54) is 12.1 Å². The molecule has 1 N–H and O–H groups in total. The maximum atomic E-state index is 13.4. The van der Waals surface area contributed by atoms with Crippen LogP contribution < -0.4 is 0 Å². The lowest BCUT2D eigenvalue weighted by Crippen LogP contribution is -2.30. The zero-order valence-electron chi connectivity index (χ0n) is 12.5. The number of rotatable bonds is 3. The summed E-state index contributed by atoms with van der Waals surface area (Å²) in [6, 6.07) is 8.32. The fourth-order valence-corrected chi connectivity index (χ4v) is 2.87. The van der Waals surface area contributed by atoms with Gasteiger partial charge in [-0.1, -0.05) is 12.1 Å². The van der Waals surface area contributed by atoms with Gasteiger partial charge in [0.1, 0.15) is 17.5 Å². The molecule has 0 aliphatic carbocycles. The molecule has 1 aliphatic heterocycles. The van der Waals surface area contributed by atoms with E-state index in [2.05, 4.69) is 24.8 Å². The zero-order valence-corrected chi connectivity index (χ0v) is 12.5. The van der Waals surface area contributed by atoms with Crippen LogP contribution in [0.5, 0.6) is 0 Å². The van der Waals surface area contributed by atoms with Gasteiger partial charge >= 0.3 is 0 Å². The summed E-state index contributed by atoms with van der Waals surface area (Å²) in [6.45, 7) is 2.41. The molecule has 3 aromatic rings. The second kappa shape index (κ2) is 5.89. The van der Waals surface area contributed by atoms with Gasteiger partial charge in [0.25, 0.3) is 0 Å². The van der Waals surface area contributed by atoms with Gasteiger partial charge in [-0.05, 0) is 18.2 Å². The van der Waals surface area contributed by atoms with Gasteiger partial charge in [0.15, 0.2) is 0 Å². The van der Waals surface area contributed by atoms with Gasteiger partial charge in [-0.2, -0.15) is 0 Å². The minimum absolute atomic E-state index is 0.250. The lowest BCUT2D eigenvalue weighted by atomic mass is 10.1. The van der Waals surface area contributed by atoms with Crippen LogP contribution in [0.15, 0.2) is 42.7 Å². The highest BCUT2D eigenvalue weighted by Gasteiger charge is 2.21. The van der Waals surface area contributed by atoms with Crippen molar-refractivity contribution in [2.45, 2.75) is 19.5 Å². The van der Waals surface area contributed by atoms with Crippen LogP contribution >= 0.6 is 0 Å². The number of hydrogen-bond acceptors (Lipinski definition) is 4. The molecule has 0 saturated carbocycles. The normalized spacial score (nSPS) is 14.7. The standard InChI is InChI=1S/C17H16FN5/c18-13-4-1-3-12(9-13)17-21-14-5-8-23(10-15(14)22-17)11-16-19-6-2-7-20-16/h1-4,6-7,9H,5,8,10-11H2,(H,21,22). The molecule has 1 aromatic carbocycles. The maximum absolute atomic E-state index is 13.4. The number of benzene rings is 1. The molecule has 2 aromatic heterocycles. The van der Waals surface area contributed by atoms with Crippen LogP contribution in [0, 0.1) is 5.82 Å². The van der Waals surface area contributed by atoms with Crippen molar-refractivity contribution in [3.05, 3.63) is 65.8 Å². The van der Waals surface area contributed by atoms with Gasteiger partial charge in [-0.3, -0.25) is 4.90 Å². The summed E-state index contributed by atoms with van der Waals surface area (Å²) in [4.78, 5) is 18.8. The third kappa shape index (κ3) is 2.98. The summed E-state index contributed by atoms with van der Waals surface area (Å²) in [5.74, 6) is 1.30. The van der Waals surface area contributed by atoms with E-state index in [4.69, 9.17) is 0 Å². The predicted octanol–water partition coefficient (Wildman–Crippen LogP) is 2.56. The Balaban J connectivity index is 1.54. The van der Waals surface area contributed by atoms with Gasteiger partial charge in [0.2, 0.25) is 0 Å². The first kappa shape index (κ1) is 14.0. The van der Waals surface area contributed by atoms with Crippen molar-refractivity contribution in [2.75, 3.05) is 6.54 Å². The quantitative estimate of drug-likeness (QED) is 0.808. The number of H-pyrrole nitrogens is 1. The van der Waals surface area contributed by atoms with Crippen molar-refractivity contribution in [1.29, 1.82) is 0 Å². The molecule has 6 heteroatoms. The molecule has 0 radical (unpaired) electrons. The minimum atomic E-state index is -0.250. The van der Waals surface area contributed by atoms with Gasteiger partial charge in [-0.25, -0.2) is 19.3 Å². The summed E-state index contributed by atoms with van der Waals surface area (Å²) < 4.78 is 13.4. The smallest absolute Gasteiger partial charge is 0.142 e. The highest BCUT2D eigenvalue weighted by Crippen LogP contribution is 2.23. The van der Waals surface area contributed by atoms with Crippen molar-refractivity contribution in [3.63, 3.8) is 0 Å². The lowest BCUT2D eigenvalue weighted by Gasteiger charge is -2.24. The van der Waals surface area contributed by atoms with Crippen LogP contribution in [-0.2, 0) is 19.5 Å². The molecule has 116 valence electrons. The topological polar surface area (TPSA) is 57.7 Å². The first-order chi connectivity index (χ1) is 11.3. The number of halogens is 1. The zero-order chi connectivity index (χ0) is 15.6. The predicted molar refractivity (Wildman–Crippen MR) is 83.8 cm³/mol. The number of imidazole rings is 1. The molecule has 3 heterocycles. The van der Waals surface area contributed by atoms with E-state index in [1.54, 1.807) is 18.5 Å². The summed E-state index contributed by atoms with van der Waals surface area (Å²) in [6.07, 6.45) is 4.39. The van der Waals surface area contributed by atoms with E-state index >= 15 is 0 Å². The Kier molecular flexibility index (Phi) is 3.59. The number of hydrogen-bond donors (Lipinski definition) is 1. The Bertz CT molecular complexity index is 815. The summed E-state index contributed by atoms with van der Waals surface area (Å²) >= 11 is 0. The molecule has 0 spiro atoms. The van der Waals surface area contributed by atoms with Crippen LogP contribution in [0.4, 0.5) is 4.39 Å². The average molecular weight is 309 g/mol. The van der Waals surface area contributed by atoms with Gasteiger partial charge in [0, 0.05) is 37.5 Å². The molecule has 0 bridgehead atoms. The molecule has 0 amide bonds. The van der Waals surface area contributed by atoms with Crippen LogP contribution in [-0.4, -0.2) is 31.4 Å². The summed E-state index contributed by atoms with van der Waals surface area (Å²) in [5, 5.41) is 0. The van der Waals surface area contributed by atoms with Crippen molar-refractivity contribution < 1.29 is 4.39 Å². The van der Waals surface area contributed by atoms with Crippen molar-refractivity contribution in [1.82, 2.24) is 24.8 Å². The van der Waals surface area contributed by atoms with E-state index in [9.17, 15) is 4.39 Å². The minimum Gasteiger partial charge on any atom is -0.341 e. The number of nitrogens with zero attached hydrogens (tertiary/aromatic N) is 4. The van der Waals surface area contributed by atoms with Crippen LogP contribution in [0.1, 0.15) is 17.2 Å². The molecule has 23 heavy (non-hydrogen) atoms. The molecule has 0 atom stereocenters. The summed E-state index contributed by atoms with van der Waals surface area (Å²) in [7, 11) is 0. The first-order valence-electron chi connectivity index (χ1n) is 7.60. The molecular formula is C17H16FN5. The maximum Gasteiger partial charge on any atom is 0.142 e. The van der Waals surface area contributed by atoms with Crippen molar-refractivity contribution in [2.24, 2.45) is 0 Å². The van der Waals surface area contributed by atoms with Crippen LogP contribution in [0.2, 0.25) is 0 Å². The van der Waals surface area contributed by atoms with E-state index in [1.807, 2.05) is 12.1 Å². The first-order valence-corrected chi connectivity index (χ1v) is 7.60. The van der Waals surface area contributed by atoms with Crippen LogP contribution in [0.25, 0.3) is 11.4 Å². The number of aromatic amines is 1. The Labute approximate surface area is 133 Å². The Morgan fingerprint density at radius 1 is 1.17 bits per heavy atom.